The van der Waals surface area contributed by atoms with Crippen molar-refractivity contribution >= 4 is 11.5 Å². The maximum atomic E-state index is 5.47. The number of aromatic nitrogens is 1. The average Bonchev–Trinajstić information content (AvgIpc) is 3.06. The molecule has 3 fully saturated rings. The van der Waals surface area contributed by atoms with Crippen LogP contribution in [-0.4, -0.2) is 85.4 Å². The van der Waals surface area contributed by atoms with Gasteiger partial charge in [-0.05, 0) is 71.2 Å². The topological polar surface area (TPSA) is 43.9 Å². The summed E-state index contributed by atoms with van der Waals surface area (Å²) in [6, 6.07) is 8.22. The van der Waals surface area contributed by atoms with E-state index in [-0.39, 0.29) is 0 Å². The van der Waals surface area contributed by atoms with E-state index in [1.54, 1.807) is 0 Å². The molecule has 31 heavy (non-hydrogen) atoms. The van der Waals surface area contributed by atoms with Gasteiger partial charge in [-0.2, -0.15) is 0 Å². The number of ether oxygens (including phenoxy) is 1. The summed E-state index contributed by atoms with van der Waals surface area (Å²) >= 11 is 0. The number of rotatable bonds is 6. The van der Waals surface area contributed by atoms with Gasteiger partial charge in [0, 0.05) is 57.5 Å². The molecule has 3 aliphatic rings. The Morgan fingerprint density at radius 1 is 1.03 bits per heavy atom. The second-order valence-electron chi connectivity index (χ2n) is 9.63. The van der Waals surface area contributed by atoms with Crippen LogP contribution < -0.4 is 10.2 Å². The van der Waals surface area contributed by atoms with Gasteiger partial charge in [0.25, 0.3) is 0 Å². The predicted octanol–water partition coefficient (Wildman–Crippen LogP) is 3.21. The van der Waals surface area contributed by atoms with Gasteiger partial charge in [-0.25, -0.2) is 4.98 Å². The van der Waals surface area contributed by atoms with Gasteiger partial charge in [0.15, 0.2) is 0 Å². The van der Waals surface area contributed by atoms with E-state index >= 15 is 0 Å². The molecule has 0 unspecified atom stereocenters. The van der Waals surface area contributed by atoms with Crippen molar-refractivity contribution in [2.45, 2.75) is 64.1 Å². The number of nitrogens with one attached hydrogen (secondary N) is 1. The highest BCUT2D eigenvalue weighted by Gasteiger charge is 2.27. The second-order valence-corrected chi connectivity index (χ2v) is 9.63. The highest BCUT2D eigenvalue weighted by atomic mass is 16.5. The van der Waals surface area contributed by atoms with Crippen LogP contribution >= 0.6 is 0 Å². The summed E-state index contributed by atoms with van der Waals surface area (Å²) in [6.45, 7) is 17.5. The number of anilines is 1. The fraction of sp³-hybridized carbons (Fsp3) is 0.720. The third kappa shape index (κ3) is 5.99. The van der Waals surface area contributed by atoms with Crippen LogP contribution in [0.2, 0.25) is 0 Å². The van der Waals surface area contributed by atoms with Crippen molar-refractivity contribution in [3.63, 3.8) is 0 Å². The zero-order chi connectivity index (χ0) is 21.6. The number of hydrogen-bond acceptors (Lipinski definition) is 6. The Labute approximate surface area is 188 Å². The van der Waals surface area contributed by atoms with Crippen LogP contribution in [-0.2, 0) is 4.74 Å². The molecule has 0 aromatic carbocycles. The number of piperidine rings is 1. The summed E-state index contributed by atoms with van der Waals surface area (Å²) in [7, 11) is 0. The number of likely N-dealkylation sites (tertiary alicyclic amines) is 1. The third-order valence-corrected chi connectivity index (χ3v) is 7.24. The molecule has 6 nitrogen and oxygen atoms in total. The van der Waals surface area contributed by atoms with Crippen LogP contribution in [0.3, 0.4) is 0 Å². The van der Waals surface area contributed by atoms with E-state index in [2.05, 4.69) is 58.6 Å². The van der Waals surface area contributed by atoms with Crippen molar-refractivity contribution in [2.24, 2.45) is 0 Å². The summed E-state index contributed by atoms with van der Waals surface area (Å²) in [6.07, 6.45) is 5.90. The van der Waals surface area contributed by atoms with Gasteiger partial charge < -0.3 is 19.9 Å². The summed E-state index contributed by atoms with van der Waals surface area (Å²) in [4.78, 5) is 12.8. The second kappa shape index (κ2) is 10.8. The molecule has 1 aromatic heterocycles. The molecule has 0 atom stereocenters. The lowest BCUT2D eigenvalue weighted by atomic mass is 10.0. The van der Waals surface area contributed by atoms with Crippen molar-refractivity contribution in [1.29, 1.82) is 0 Å². The van der Waals surface area contributed by atoms with Crippen molar-refractivity contribution in [3.05, 3.63) is 30.5 Å². The Bertz CT molecular complexity index is 710. The normalized spacial score (nSPS) is 23.1. The smallest absolute Gasteiger partial charge is 0.129 e. The van der Waals surface area contributed by atoms with Crippen LogP contribution in [0.5, 0.6) is 0 Å². The van der Waals surface area contributed by atoms with Gasteiger partial charge in [0.05, 0.1) is 11.4 Å². The van der Waals surface area contributed by atoms with E-state index in [0.717, 1.165) is 68.9 Å². The first-order valence-corrected chi connectivity index (χ1v) is 12.3. The molecule has 4 rings (SSSR count). The highest BCUT2D eigenvalue weighted by Crippen LogP contribution is 2.22. The Morgan fingerprint density at radius 3 is 2.55 bits per heavy atom. The zero-order valence-electron chi connectivity index (χ0n) is 19.6. The van der Waals surface area contributed by atoms with Crippen LogP contribution in [0.15, 0.2) is 24.8 Å². The van der Waals surface area contributed by atoms with E-state index in [1.165, 1.54) is 38.9 Å². The predicted molar refractivity (Wildman–Crippen MR) is 128 cm³/mol. The summed E-state index contributed by atoms with van der Waals surface area (Å²) in [5.41, 5.74) is 1.90. The number of nitrogens with zero attached hydrogens (tertiary/aromatic N) is 4. The molecule has 3 aliphatic heterocycles. The van der Waals surface area contributed by atoms with E-state index in [1.807, 2.05) is 0 Å². The minimum absolute atomic E-state index is 0.445. The zero-order valence-corrected chi connectivity index (χ0v) is 19.6. The van der Waals surface area contributed by atoms with Gasteiger partial charge in [0.1, 0.15) is 5.82 Å². The van der Waals surface area contributed by atoms with Crippen molar-refractivity contribution in [3.8, 4) is 0 Å². The van der Waals surface area contributed by atoms with E-state index in [9.17, 15) is 0 Å². The highest BCUT2D eigenvalue weighted by molar-refractivity contribution is 5.60. The van der Waals surface area contributed by atoms with Crippen LogP contribution in [0, 0.1) is 0 Å². The molecule has 1 aromatic rings. The van der Waals surface area contributed by atoms with Crippen molar-refractivity contribution < 1.29 is 4.74 Å². The van der Waals surface area contributed by atoms with E-state index in [4.69, 9.17) is 9.72 Å². The maximum Gasteiger partial charge on any atom is 0.129 e. The largest absolute Gasteiger partial charge is 0.381 e. The SMILES string of the molecule is C=C(NC1CCOCC1)c1cccc(N2CCCN(C3CCN(C(C)C)CC3)CC2)n1. The molecule has 1 N–H and O–H groups in total. The van der Waals surface area contributed by atoms with E-state index in [0.29, 0.717) is 12.1 Å². The molecule has 0 bridgehead atoms. The summed E-state index contributed by atoms with van der Waals surface area (Å²) in [5.74, 6) is 1.09. The van der Waals surface area contributed by atoms with Crippen molar-refractivity contribution in [2.75, 3.05) is 57.4 Å². The fourth-order valence-electron chi connectivity index (χ4n) is 5.23. The first kappa shape index (κ1) is 22.6. The van der Waals surface area contributed by atoms with Crippen LogP contribution in [0.1, 0.15) is 51.6 Å². The molecule has 0 spiro atoms. The van der Waals surface area contributed by atoms with Crippen molar-refractivity contribution in [1.82, 2.24) is 20.1 Å². The van der Waals surface area contributed by atoms with Gasteiger partial charge in [0.2, 0.25) is 0 Å². The first-order valence-electron chi connectivity index (χ1n) is 12.3. The molecule has 0 saturated carbocycles. The van der Waals surface area contributed by atoms with Crippen LogP contribution in [0.25, 0.3) is 5.70 Å². The molecule has 0 aliphatic carbocycles. The van der Waals surface area contributed by atoms with E-state index < -0.39 is 0 Å². The first-order chi connectivity index (χ1) is 15.1. The molecule has 3 saturated heterocycles. The Balaban J connectivity index is 1.32. The van der Waals surface area contributed by atoms with Crippen LogP contribution in [0.4, 0.5) is 5.82 Å². The number of pyridine rings is 1. The Kier molecular flexibility index (Phi) is 7.86. The Morgan fingerprint density at radius 2 is 1.81 bits per heavy atom. The minimum Gasteiger partial charge on any atom is -0.381 e. The lowest BCUT2D eigenvalue weighted by Crippen LogP contribution is -2.47. The summed E-state index contributed by atoms with van der Waals surface area (Å²) in [5, 5.41) is 3.57. The Hall–Kier alpha value is -1.63. The molecular formula is C25H41N5O. The lowest BCUT2D eigenvalue weighted by Gasteiger charge is -2.39. The maximum absolute atomic E-state index is 5.47. The van der Waals surface area contributed by atoms with Gasteiger partial charge >= 0.3 is 0 Å². The minimum atomic E-state index is 0.445. The molecule has 4 heterocycles. The molecular weight excluding hydrogens is 386 g/mol. The number of hydrogen-bond donors (Lipinski definition) is 1. The average molecular weight is 428 g/mol. The fourth-order valence-corrected chi connectivity index (χ4v) is 5.23. The molecule has 172 valence electrons. The molecule has 0 radical (unpaired) electrons. The lowest BCUT2D eigenvalue weighted by molar-refractivity contribution is 0.0818. The van der Waals surface area contributed by atoms with Gasteiger partial charge in [-0.15, -0.1) is 0 Å². The quantitative estimate of drug-likeness (QED) is 0.752. The molecule has 6 heteroatoms. The monoisotopic (exact) mass is 427 g/mol. The third-order valence-electron chi connectivity index (χ3n) is 7.24. The molecule has 0 amide bonds. The summed E-state index contributed by atoms with van der Waals surface area (Å²) < 4.78 is 5.47. The van der Waals surface area contributed by atoms with Gasteiger partial charge in [-0.3, -0.25) is 4.90 Å². The standard InChI is InChI=1S/C25H41N5O/c1-20(2)28-14-8-23(9-15-28)29-12-5-13-30(17-16-29)25-7-4-6-24(27-25)21(3)26-22-10-18-31-19-11-22/h4,6-7,20,22-23,26H,3,5,8-19H2,1-2H3. The van der Waals surface area contributed by atoms with Gasteiger partial charge in [-0.1, -0.05) is 12.6 Å².